The summed E-state index contributed by atoms with van der Waals surface area (Å²) in [5.74, 6) is 0.641. The minimum absolute atomic E-state index is 0.290. The molecule has 21 heavy (non-hydrogen) atoms. The van der Waals surface area contributed by atoms with Crippen LogP contribution in [0.3, 0.4) is 0 Å². The number of anilines is 2. The van der Waals surface area contributed by atoms with Crippen LogP contribution in [0.1, 0.15) is 28.8 Å². The third-order valence-electron chi connectivity index (χ3n) is 2.67. The van der Waals surface area contributed by atoms with E-state index < -0.39 is 5.97 Å². The molecule has 0 aliphatic carbocycles. The number of nitrogen functional groups attached to an aromatic ring is 1. The number of nitrogens with two attached hydrogens (primary N) is 1. The summed E-state index contributed by atoms with van der Waals surface area (Å²) < 4.78 is 4.99. The lowest BCUT2D eigenvalue weighted by atomic mass is 10.2. The van der Waals surface area contributed by atoms with E-state index in [-0.39, 0.29) is 6.61 Å². The van der Waals surface area contributed by atoms with Crippen LogP contribution in [-0.2, 0) is 11.3 Å². The number of aryl methyl sites for hydroxylation is 1. The van der Waals surface area contributed by atoms with Gasteiger partial charge in [0.2, 0.25) is 0 Å². The van der Waals surface area contributed by atoms with Gasteiger partial charge in [-0.2, -0.15) is 0 Å². The summed E-state index contributed by atoms with van der Waals surface area (Å²) >= 11 is 0. The molecule has 0 aliphatic rings. The fraction of sp³-hybridized carbons (Fsp3) is 0.286. The Bertz CT molecular complexity index is 645. The number of ether oxygens (including phenoxy) is 1. The van der Waals surface area contributed by atoms with Crippen molar-refractivity contribution >= 4 is 17.5 Å². The summed E-state index contributed by atoms with van der Waals surface area (Å²) in [4.78, 5) is 24.3. The lowest BCUT2D eigenvalue weighted by Crippen LogP contribution is -2.12. The lowest BCUT2D eigenvalue weighted by Gasteiger charge is -2.11. The van der Waals surface area contributed by atoms with Gasteiger partial charge >= 0.3 is 5.97 Å². The van der Waals surface area contributed by atoms with Crippen molar-refractivity contribution in [3.63, 3.8) is 0 Å². The molecular weight excluding hydrogens is 270 g/mol. The van der Waals surface area contributed by atoms with Gasteiger partial charge in [-0.15, -0.1) is 0 Å². The molecule has 0 atom stereocenters. The second-order valence-electron chi connectivity index (χ2n) is 4.33. The first kappa shape index (κ1) is 14.7. The van der Waals surface area contributed by atoms with E-state index in [0.29, 0.717) is 29.4 Å². The highest BCUT2D eigenvalue weighted by Gasteiger charge is 2.14. The molecule has 0 fully saturated rings. The van der Waals surface area contributed by atoms with Crippen LogP contribution >= 0.6 is 0 Å². The summed E-state index contributed by atoms with van der Waals surface area (Å²) in [6.07, 6.45) is 3.16. The summed E-state index contributed by atoms with van der Waals surface area (Å²) in [6.45, 7) is 4.27. The van der Waals surface area contributed by atoms with Crippen molar-refractivity contribution in [2.45, 2.75) is 20.4 Å². The average molecular weight is 287 g/mol. The first-order chi connectivity index (χ1) is 10.1. The summed E-state index contributed by atoms with van der Waals surface area (Å²) in [7, 11) is 0. The van der Waals surface area contributed by atoms with Gasteiger partial charge < -0.3 is 15.8 Å². The second-order valence-corrected chi connectivity index (χ2v) is 4.33. The average Bonchev–Trinajstić information content (AvgIpc) is 2.46. The number of rotatable bonds is 5. The van der Waals surface area contributed by atoms with Crippen LogP contribution in [0.4, 0.5) is 11.5 Å². The number of nitrogens with zero attached hydrogens (tertiary/aromatic N) is 3. The Morgan fingerprint density at radius 3 is 2.95 bits per heavy atom. The van der Waals surface area contributed by atoms with Gasteiger partial charge in [0.25, 0.3) is 0 Å². The van der Waals surface area contributed by atoms with Crippen molar-refractivity contribution in [1.82, 2.24) is 15.0 Å². The van der Waals surface area contributed by atoms with Crippen molar-refractivity contribution < 1.29 is 9.53 Å². The van der Waals surface area contributed by atoms with Crippen LogP contribution in [0.15, 0.2) is 24.5 Å². The monoisotopic (exact) mass is 287 g/mol. The van der Waals surface area contributed by atoms with Gasteiger partial charge in [0.1, 0.15) is 17.2 Å². The fourth-order valence-corrected chi connectivity index (χ4v) is 1.76. The molecule has 2 aromatic heterocycles. The molecule has 0 bridgehead atoms. The molecule has 0 aliphatic heterocycles. The molecule has 0 saturated carbocycles. The maximum absolute atomic E-state index is 11.9. The van der Waals surface area contributed by atoms with E-state index in [4.69, 9.17) is 10.5 Å². The van der Waals surface area contributed by atoms with Crippen molar-refractivity contribution in [1.29, 1.82) is 0 Å². The van der Waals surface area contributed by atoms with Gasteiger partial charge in [0, 0.05) is 6.20 Å². The molecule has 2 rings (SSSR count). The molecule has 2 heterocycles. The van der Waals surface area contributed by atoms with Crippen LogP contribution in [0.25, 0.3) is 0 Å². The Balaban J connectivity index is 2.17. The summed E-state index contributed by atoms with van der Waals surface area (Å²) in [5.41, 5.74) is 7.18. The van der Waals surface area contributed by atoms with Gasteiger partial charge in [0.15, 0.2) is 0 Å². The molecule has 110 valence electrons. The zero-order chi connectivity index (χ0) is 15.2. The number of esters is 1. The molecule has 7 nitrogen and oxygen atoms in total. The van der Waals surface area contributed by atoms with Gasteiger partial charge in [-0.25, -0.2) is 19.7 Å². The van der Waals surface area contributed by atoms with Crippen LogP contribution in [-0.4, -0.2) is 27.5 Å². The van der Waals surface area contributed by atoms with E-state index in [1.165, 1.54) is 6.20 Å². The SMILES string of the molecule is CCOC(=O)c1cc(N)cnc1NCc1ccnc(C)n1. The number of hydrogen-bond acceptors (Lipinski definition) is 7. The predicted molar refractivity (Wildman–Crippen MR) is 78.7 cm³/mol. The largest absolute Gasteiger partial charge is 0.462 e. The molecule has 0 amide bonds. The smallest absolute Gasteiger partial charge is 0.341 e. The molecule has 0 radical (unpaired) electrons. The highest BCUT2D eigenvalue weighted by Crippen LogP contribution is 2.17. The maximum atomic E-state index is 11.9. The minimum atomic E-state index is -0.460. The highest BCUT2D eigenvalue weighted by molar-refractivity contribution is 5.95. The molecule has 2 aromatic rings. The van der Waals surface area contributed by atoms with E-state index in [2.05, 4.69) is 20.3 Å². The standard InChI is InChI=1S/C14H17N5O2/c1-3-21-14(20)12-6-10(15)7-17-13(12)18-8-11-4-5-16-9(2)19-11/h4-7H,3,8,15H2,1-2H3,(H,17,18). The first-order valence-corrected chi connectivity index (χ1v) is 6.55. The quantitative estimate of drug-likeness (QED) is 0.804. The van der Waals surface area contributed by atoms with Gasteiger partial charge in [-0.05, 0) is 26.0 Å². The third-order valence-corrected chi connectivity index (χ3v) is 2.67. The molecule has 0 saturated heterocycles. The topological polar surface area (TPSA) is 103 Å². The molecule has 3 N–H and O–H groups in total. The predicted octanol–water partition coefficient (Wildman–Crippen LogP) is 1.55. The van der Waals surface area contributed by atoms with E-state index in [9.17, 15) is 4.79 Å². The molecule has 0 unspecified atom stereocenters. The van der Waals surface area contributed by atoms with Crippen molar-refractivity contribution in [3.05, 3.63) is 41.6 Å². The fourth-order valence-electron chi connectivity index (χ4n) is 1.76. The molecular formula is C14H17N5O2. The normalized spacial score (nSPS) is 10.2. The second kappa shape index (κ2) is 6.65. The van der Waals surface area contributed by atoms with Crippen LogP contribution in [0.5, 0.6) is 0 Å². The molecule has 0 aromatic carbocycles. The Hall–Kier alpha value is -2.70. The van der Waals surface area contributed by atoms with Crippen molar-refractivity contribution in [2.24, 2.45) is 0 Å². The first-order valence-electron chi connectivity index (χ1n) is 6.55. The van der Waals surface area contributed by atoms with E-state index >= 15 is 0 Å². The summed E-state index contributed by atoms with van der Waals surface area (Å²) in [5, 5.41) is 3.07. The molecule has 0 spiro atoms. The van der Waals surface area contributed by atoms with Crippen LogP contribution in [0, 0.1) is 6.92 Å². The number of hydrogen-bond donors (Lipinski definition) is 2. The Labute approximate surface area is 122 Å². The molecule has 7 heteroatoms. The van der Waals surface area contributed by atoms with Crippen LogP contribution < -0.4 is 11.1 Å². The lowest BCUT2D eigenvalue weighted by molar-refractivity contribution is 0.0527. The number of nitrogens with one attached hydrogen (secondary N) is 1. The van der Waals surface area contributed by atoms with Crippen LogP contribution in [0.2, 0.25) is 0 Å². The van der Waals surface area contributed by atoms with Crippen molar-refractivity contribution in [2.75, 3.05) is 17.7 Å². The highest BCUT2D eigenvalue weighted by atomic mass is 16.5. The van der Waals surface area contributed by atoms with Gasteiger partial charge in [-0.1, -0.05) is 0 Å². The van der Waals surface area contributed by atoms with Crippen molar-refractivity contribution in [3.8, 4) is 0 Å². The van der Waals surface area contributed by atoms with Gasteiger partial charge in [0.05, 0.1) is 30.7 Å². The van der Waals surface area contributed by atoms with Gasteiger partial charge in [-0.3, -0.25) is 0 Å². The Morgan fingerprint density at radius 2 is 2.24 bits per heavy atom. The number of carbonyl (C=O) groups excluding carboxylic acids is 1. The maximum Gasteiger partial charge on any atom is 0.341 e. The van der Waals surface area contributed by atoms with E-state index in [0.717, 1.165) is 5.69 Å². The zero-order valence-corrected chi connectivity index (χ0v) is 12.0. The minimum Gasteiger partial charge on any atom is -0.462 e. The number of carbonyl (C=O) groups is 1. The van der Waals surface area contributed by atoms with E-state index in [1.54, 1.807) is 25.3 Å². The van der Waals surface area contributed by atoms with E-state index in [1.807, 2.05) is 6.92 Å². The Morgan fingerprint density at radius 1 is 1.43 bits per heavy atom. The third kappa shape index (κ3) is 3.88. The zero-order valence-electron chi connectivity index (χ0n) is 12.0. The summed E-state index contributed by atoms with van der Waals surface area (Å²) in [6, 6.07) is 3.33. The number of aromatic nitrogens is 3. The number of pyridine rings is 1. The Kier molecular flexibility index (Phi) is 4.65.